The second kappa shape index (κ2) is 3.42. The van der Waals surface area contributed by atoms with Crippen molar-refractivity contribution in [2.24, 2.45) is 5.41 Å². The molecule has 0 aliphatic heterocycles. The number of phenols is 1. The number of esters is 1. The van der Waals surface area contributed by atoms with Gasteiger partial charge in [0.05, 0.1) is 12.5 Å². The van der Waals surface area contributed by atoms with E-state index in [4.69, 9.17) is 4.74 Å². The van der Waals surface area contributed by atoms with E-state index in [0.717, 1.165) is 24.2 Å². The molecule has 0 unspecified atom stereocenters. The highest BCUT2D eigenvalue weighted by Crippen LogP contribution is 2.74. The minimum atomic E-state index is -0.182. The Labute approximate surface area is 104 Å². The van der Waals surface area contributed by atoms with Gasteiger partial charge in [-0.3, -0.25) is 4.79 Å². The molecule has 17 heavy (non-hydrogen) atoms. The van der Waals surface area contributed by atoms with Crippen LogP contribution >= 0.6 is 11.8 Å². The van der Waals surface area contributed by atoms with E-state index < -0.39 is 0 Å². The van der Waals surface area contributed by atoms with Crippen LogP contribution in [0.3, 0.4) is 0 Å². The highest BCUT2D eigenvalue weighted by Gasteiger charge is 2.72. The van der Waals surface area contributed by atoms with Crippen molar-refractivity contribution >= 4 is 17.7 Å². The topological polar surface area (TPSA) is 46.5 Å². The second-order valence-corrected chi connectivity index (χ2v) is 6.63. The molecule has 3 aliphatic carbocycles. The van der Waals surface area contributed by atoms with Crippen molar-refractivity contribution < 1.29 is 14.6 Å². The molecule has 90 valence electrons. The van der Waals surface area contributed by atoms with Gasteiger partial charge in [-0.05, 0) is 37.5 Å². The summed E-state index contributed by atoms with van der Waals surface area (Å²) in [6.07, 6.45) is 2.73. The van der Waals surface area contributed by atoms with Crippen molar-refractivity contribution in [2.75, 3.05) is 7.11 Å². The summed E-state index contributed by atoms with van der Waals surface area (Å²) in [7, 11) is 1.46. The fraction of sp³-hybridized carbons (Fsp3) is 0.462. The average molecular weight is 250 g/mol. The highest BCUT2D eigenvalue weighted by atomic mass is 32.2. The van der Waals surface area contributed by atoms with E-state index in [2.05, 4.69) is 0 Å². The van der Waals surface area contributed by atoms with Gasteiger partial charge in [-0.25, -0.2) is 0 Å². The van der Waals surface area contributed by atoms with Crippen LogP contribution in [0.2, 0.25) is 0 Å². The number of aromatic hydroxyl groups is 1. The van der Waals surface area contributed by atoms with Gasteiger partial charge in [0, 0.05) is 9.64 Å². The Bertz CT molecular complexity index is 464. The Hall–Kier alpha value is -1.16. The molecule has 3 saturated carbocycles. The number of phenolic OH excluding ortho intramolecular Hbond substituents is 1. The summed E-state index contributed by atoms with van der Waals surface area (Å²) in [5.41, 5.74) is -0.182. The predicted molar refractivity (Wildman–Crippen MR) is 65.0 cm³/mol. The van der Waals surface area contributed by atoms with Gasteiger partial charge in [0.15, 0.2) is 0 Å². The van der Waals surface area contributed by atoms with E-state index in [1.807, 2.05) is 12.1 Å². The quantitative estimate of drug-likeness (QED) is 0.838. The van der Waals surface area contributed by atoms with Gasteiger partial charge in [-0.15, -0.1) is 11.8 Å². The standard InChI is InChI=1S/C13H14O3S/c1-16-11(15)12-6-13(7-12,8-12)17-10-4-2-3-9(14)5-10/h2-5,14H,6-8H2,1H3. The number of carbonyl (C=O) groups is 1. The lowest BCUT2D eigenvalue weighted by atomic mass is 9.43. The lowest BCUT2D eigenvalue weighted by Gasteiger charge is -2.67. The molecule has 0 aromatic heterocycles. The smallest absolute Gasteiger partial charge is 0.311 e. The number of hydrogen-bond acceptors (Lipinski definition) is 4. The molecule has 0 saturated heterocycles. The van der Waals surface area contributed by atoms with E-state index in [-0.39, 0.29) is 16.1 Å². The van der Waals surface area contributed by atoms with Crippen molar-refractivity contribution in [3.63, 3.8) is 0 Å². The Balaban J connectivity index is 1.66. The number of carbonyl (C=O) groups excluding carboxylic acids is 1. The molecule has 0 atom stereocenters. The van der Waals surface area contributed by atoms with Gasteiger partial charge in [-0.1, -0.05) is 6.07 Å². The SMILES string of the molecule is COC(=O)C12CC(Sc3cccc(O)c3)(C1)C2. The van der Waals surface area contributed by atoms with Gasteiger partial charge in [0.25, 0.3) is 0 Å². The van der Waals surface area contributed by atoms with E-state index in [0.29, 0.717) is 5.75 Å². The maximum Gasteiger partial charge on any atom is 0.311 e. The summed E-state index contributed by atoms with van der Waals surface area (Å²) in [6.45, 7) is 0. The fourth-order valence-electron chi connectivity index (χ4n) is 3.03. The van der Waals surface area contributed by atoms with Crippen LogP contribution in [0.25, 0.3) is 0 Å². The average Bonchev–Trinajstić information content (AvgIpc) is 2.20. The summed E-state index contributed by atoms with van der Waals surface area (Å²) >= 11 is 1.77. The molecule has 1 N–H and O–H groups in total. The number of methoxy groups -OCH3 is 1. The van der Waals surface area contributed by atoms with Crippen molar-refractivity contribution in [1.82, 2.24) is 0 Å². The Morgan fingerprint density at radius 1 is 1.41 bits per heavy atom. The molecular weight excluding hydrogens is 236 g/mol. The molecule has 3 nitrogen and oxygen atoms in total. The largest absolute Gasteiger partial charge is 0.508 e. The molecule has 0 heterocycles. The molecule has 0 amide bonds. The Kier molecular flexibility index (Phi) is 2.20. The fourth-order valence-corrected chi connectivity index (χ4v) is 4.90. The first-order valence-corrected chi connectivity index (χ1v) is 6.46. The zero-order valence-electron chi connectivity index (χ0n) is 9.60. The molecule has 2 bridgehead atoms. The van der Waals surface area contributed by atoms with Crippen molar-refractivity contribution in [1.29, 1.82) is 0 Å². The number of thioether (sulfide) groups is 1. The zero-order valence-corrected chi connectivity index (χ0v) is 10.4. The van der Waals surface area contributed by atoms with Gasteiger partial charge in [0.2, 0.25) is 0 Å². The first-order valence-electron chi connectivity index (χ1n) is 5.64. The first kappa shape index (κ1) is 11.0. The predicted octanol–water partition coefficient (Wildman–Crippen LogP) is 2.58. The van der Waals surface area contributed by atoms with E-state index in [9.17, 15) is 9.90 Å². The summed E-state index contributed by atoms with van der Waals surface area (Å²) in [6, 6.07) is 7.28. The molecule has 3 fully saturated rings. The molecule has 0 radical (unpaired) electrons. The highest BCUT2D eigenvalue weighted by molar-refractivity contribution is 8.00. The van der Waals surface area contributed by atoms with Gasteiger partial charge in [-0.2, -0.15) is 0 Å². The van der Waals surface area contributed by atoms with Crippen LogP contribution in [0.15, 0.2) is 29.2 Å². The summed E-state index contributed by atoms with van der Waals surface area (Å²) in [4.78, 5) is 12.6. The van der Waals surface area contributed by atoms with Crippen molar-refractivity contribution in [3.05, 3.63) is 24.3 Å². The van der Waals surface area contributed by atoms with Crippen LogP contribution in [-0.2, 0) is 9.53 Å². The van der Waals surface area contributed by atoms with E-state index >= 15 is 0 Å². The van der Waals surface area contributed by atoms with Crippen LogP contribution in [-0.4, -0.2) is 22.9 Å². The minimum Gasteiger partial charge on any atom is -0.508 e. The number of rotatable bonds is 3. The summed E-state index contributed by atoms with van der Waals surface area (Å²) in [5.74, 6) is 0.236. The van der Waals surface area contributed by atoms with Crippen LogP contribution in [0.4, 0.5) is 0 Å². The maximum atomic E-state index is 11.5. The van der Waals surface area contributed by atoms with Gasteiger partial charge < -0.3 is 9.84 Å². The number of ether oxygens (including phenoxy) is 1. The van der Waals surface area contributed by atoms with Crippen LogP contribution in [0.1, 0.15) is 19.3 Å². The number of benzene rings is 1. The monoisotopic (exact) mass is 250 g/mol. The third-order valence-electron chi connectivity index (χ3n) is 3.75. The normalized spacial score (nSPS) is 33.5. The van der Waals surface area contributed by atoms with Crippen molar-refractivity contribution in [3.8, 4) is 5.75 Å². The molecule has 4 rings (SSSR count). The molecule has 1 aromatic carbocycles. The van der Waals surface area contributed by atoms with Gasteiger partial charge in [0.1, 0.15) is 5.75 Å². The molecule has 4 heteroatoms. The van der Waals surface area contributed by atoms with Gasteiger partial charge >= 0.3 is 5.97 Å². The third-order valence-corrected chi connectivity index (χ3v) is 5.11. The zero-order chi connectivity index (χ0) is 12.1. The van der Waals surface area contributed by atoms with Crippen LogP contribution in [0, 0.1) is 5.41 Å². The Morgan fingerprint density at radius 3 is 2.71 bits per heavy atom. The summed E-state index contributed by atoms with van der Waals surface area (Å²) in [5, 5.41) is 9.40. The molecule has 0 spiro atoms. The molecule has 1 aromatic rings. The van der Waals surface area contributed by atoms with E-state index in [1.54, 1.807) is 23.9 Å². The molecule has 3 aliphatic rings. The van der Waals surface area contributed by atoms with Crippen LogP contribution in [0.5, 0.6) is 5.75 Å². The first-order chi connectivity index (χ1) is 8.07. The third kappa shape index (κ3) is 1.54. The lowest BCUT2D eigenvalue weighted by molar-refractivity contribution is -0.180. The molecular formula is C13H14O3S. The number of hydrogen-bond donors (Lipinski definition) is 1. The maximum absolute atomic E-state index is 11.5. The van der Waals surface area contributed by atoms with E-state index in [1.165, 1.54) is 7.11 Å². The van der Waals surface area contributed by atoms with Crippen molar-refractivity contribution in [2.45, 2.75) is 28.9 Å². The second-order valence-electron chi connectivity index (χ2n) is 5.08. The minimum absolute atomic E-state index is 0.0594. The summed E-state index contributed by atoms with van der Waals surface area (Å²) < 4.78 is 5.03. The lowest BCUT2D eigenvalue weighted by Crippen LogP contribution is -2.68. The Morgan fingerprint density at radius 2 is 2.12 bits per heavy atom. The van der Waals surface area contributed by atoms with Crippen LogP contribution < -0.4 is 0 Å².